The summed E-state index contributed by atoms with van der Waals surface area (Å²) in [7, 11) is 0. The Morgan fingerprint density at radius 3 is 2.96 bits per heavy atom. The van der Waals surface area contributed by atoms with Crippen LogP contribution in [0.1, 0.15) is 29.8 Å². The first-order chi connectivity index (χ1) is 13.6. The number of aromatic nitrogens is 3. The Hall–Kier alpha value is -2.09. The van der Waals surface area contributed by atoms with Crippen molar-refractivity contribution in [3.05, 3.63) is 73.8 Å². The zero-order chi connectivity index (χ0) is 19.5. The number of thiazole rings is 1. The van der Waals surface area contributed by atoms with E-state index in [2.05, 4.69) is 17.3 Å². The molecule has 3 aromatic heterocycles. The minimum absolute atomic E-state index is 0.106. The van der Waals surface area contributed by atoms with Gasteiger partial charge in [-0.05, 0) is 43.2 Å². The van der Waals surface area contributed by atoms with E-state index >= 15 is 0 Å². The van der Waals surface area contributed by atoms with Crippen molar-refractivity contribution in [2.24, 2.45) is 0 Å². The van der Waals surface area contributed by atoms with Gasteiger partial charge in [0, 0.05) is 16.2 Å². The quantitative estimate of drug-likeness (QED) is 0.290. The van der Waals surface area contributed by atoms with Crippen LogP contribution in [0.15, 0.2) is 56.3 Å². The van der Waals surface area contributed by atoms with Crippen LogP contribution in [0.25, 0.3) is 10.9 Å². The van der Waals surface area contributed by atoms with Gasteiger partial charge in [0.1, 0.15) is 5.76 Å². The first-order valence-electron chi connectivity index (χ1n) is 8.92. The Bertz CT molecular complexity index is 1150. The summed E-state index contributed by atoms with van der Waals surface area (Å²) in [5.74, 6) is 1.36. The standard InChI is InChI=1S/C20H18ClN3O2S2/c1-2-4-18-22-14(11-27-18)12-28-20-23-17-9-13(21)6-7-16(17)19(25)24(20)10-15-5-3-8-26-15/h3,5-9,11H,2,4,10,12H2,1H3. The summed E-state index contributed by atoms with van der Waals surface area (Å²) in [6.45, 7) is 2.48. The molecule has 8 heteroatoms. The maximum atomic E-state index is 13.1. The average molecular weight is 432 g/mol. The van der Waals surface area contributed by atoms with Crippen LogP contribution in [-0.2, 0) is 18.7 Å². The van der Waals surface area contributed by atoms with Crippen molar-refractivity contribution in [1.29, 1.82) is 0 Å². The van der Waals surface area contributed by atoms with Crippen molar-refractivity contribution in [1.82, 2.24) is 14.5 Å². The summed E-state index contributed by atoms with van der Waals surface area (Å²) in [6, 6.07) is 8.82. The highest BCUT2D eigenvalue weighted by Gasteiger charge is 2.14. The van der Waals surface area contributed by atoms with Gasteiger partial charge in [0.05, 0.1) is 34.4 Å². The van der Waals surface area contributed by atoms with E-state index in [9.17, 15) is 4.79 Å². The predicted octanol–water partition coefficient (Wildman–Crippen LogP) is 5.39. The summed E-state index contributed by atoms with van der Waals surface area (Å²) in [5, 5.41) is 4.94. The maximum absolute atomic E-state index is 13.1. The monoisotopic (exact) mass is 431 g/mol. The molecule has 144 valence electrons. The fraction of sp³-hybridized carbons (Fsp3) is 0.250. The van der Waals surface area contributed by atoms with E-state index in [1.165, 1.54) is 11.8 Å². The van der Waals surface area contributed by atoms with Gasteiger partial charge in [-0.3, -0.25) is 9.36 Å². The van der Waals surface area contributed by atoms with Crippen molar-refractivity contribution in [2.75, 3.05) is 0 Å². The molecule has 28 heavy (non-hydrogen) atoms. The smallest absolute Gasteiger partial charge is 0.262 e. The van der Waals surface area contributed by atoms with Gasteiger partial charge in [-0.2, -0.15) is 0 Å². The predicted molar refractivity (Wildman–Crippen MR) is 114 cm³/mol. The van der Waals surface area contributed by atoms with E-state index in [0.717, 1.165) is 23.5 Å². The van der Waals surface area contributed by atoms with Gasteiger partial charge in [-0.15, -0.1) is 11.3 Å². The molecule has 0 atom stereocenters. The molecule has 4 aromatic rings. The average Bonchev–Trinajstić information content (AvgIpc) is 3.35. The molecule has 0 aliphatic carbocycles. The topological polar surface area (TPSA) is 60.9 Å². The van der Waals surface area contributed by atoms with E-state index in [-0.39, 0.29) is 5.56 Å². The van der Waals surface area contributed by atoms with Crippen LogP contribution in [0.2, 0.25) is 5.02 Å². The summed E-state index contributed by atoms with van der Waals surface area (Å²) in [6.07, 6.45) is 3.67. The summed E-state index contributed by atoms with van der Waals surface area (Å²) >= 11 is 9.28. The van der Waals surface area contributed by atoms with Crippen LogP contribution in [-0.4, -0.2) is 14.5 Å². The van der Waals surface area contributed by atoms with Crippen molar-refractivity contribution >= 4 is 45.6 Å². The second-order valence-electron chi connectivity index (χ2n) is 6.30. The third kappa shape index (κ3) is 4.16. The molecule has 0 amide bonds. The first kappa shape index (κ1) is 19.2. The Balaban J connectivity index is 1.70. The fourth-order valence-electron chi connectivity index (χ4n) is 2.86. The number of benzene rings is 1. The first-order valence-corrected chi connectivity index (χ1v) is 11.2. The fourth-order valence-corrected chi connectivity index (χ4v) is 4.93. The molecule has 0 aliphatic heterocycles. The second-order valence-corrected chi connectivity index (χ2v) is 8.62. The number of rotatable bonds is 7. The van der Waals surface area contributed by atoms with Gasteiger partial charge in [-0.25, -0.2) is 9.97 Å². The molecule has 5 nitrogen and oxygen atoms in total. The van der Waals surface area contributed by atoms with Crippen LogP contribution in [0.4, 0.5) is 0 Å². The maximum Gasteiger partial charge on any atom is 0.262 e. The zero-order valence-electron chi connectivity index (χ0n) is 15.2. The normalized spacial score (nSPS) is 11.4. The largest absolute Gasteiger partial charge is 0.467 e. The third-order valence-corrected chi connectivity index (χ3v) is 6.39. The minimum Gasteiger partial charge on any atom is -0.467 e. The van der Waals surface area contributed by atoms with E-state index in [1.54, 1.807) is 40.4 Å². The summed E-state index contributed by atoms with van der Waals surface area (Å²) < 4.78 is 7.09. The lowest BCUT2D eigenvalue weighted by Gasteiger charge is -2.12. The van der Waals surface area contributed by atoms with Crippen LogP contribution in [0, 0.1) is 0 Å². The van der Waals surface area contributed by atoms with Crippen molar-refractivity contribution in [2.45, 2.75) is 37.2 Å². The molecule has 0 spiro atoms. The number of halogens is 1. The molecule has 0 saturated heterocycles. The molecule has 4 rings (SSSR count). The lowest BCUT2D eigenvalue weighted by molar-refractivity contribution is 0.476. The van der Waals surface area contributed by atoms with Crippen LogP contribution in [0.5, 0.6) is 0 Å². The van der Waals surface area contributed by atoms with Crippen molar-refractivity contribution in [3.8, 4) is 0 Å². The molecule has 0 unspecified atom stereocenters. The number of fused-ring (bicyclic) bond motifs is 1. The SMILES string of the molecule is CCCc1nc(CSc2nc3cc(Cl)ccc3c(=O)n2Cc2ccco2)cs1. The van der Waals surface area contributed by atoms with Gasteiger partial charge in [0.25, 0.3) is 5.56 Å². The van der Waals surface area contributed by atoms with Crippen LogP contribution >= 0.6 is 34.7 Å². The summed E-state index contributed by atoms with van der Waals surface area (Å²) in [4.78, 5) is 22.5. The molecule has 0 radical (unpaired) electrons. The molecule has 0 N–H and O–H groups in total. The molecular formula is C20H18ClN3O2S2. The highest BCUT2D eigenvalue weighted by Crippen LogP contribution is 2.25. The lowest BCUT2D eigenvalue weighted by Crippen LogP contribution is -2.23. The number of nitrogens with zero attached hydrogens (tertiary/aromatic N) is 3. The van der Waals surface area contributed by atoms with Gasteiger partial charge in [-0.1, -0.05) is 30.3 Å². The number of thioether (sulfide) groups is 1. The van der Waals surface area contributed by atoms with E-state index < -0.39 is 0 Å². The molecular weight excluding hydrogens is 414 g/mol. The molecule has 0 bridgehead atoms. The Morgan fingerprint density at radius 1 is 1.29 bits per heavy atom. The van der Waals surface area contributed by atoms with E-state index in [4.69, 9.17) is 21.0 Å². The lowest BCUT2D eigenvalue weighted by atomic mass is 10.2. The zero-order valence-corrected chi connectivity index (χ0v) is 17.6. The highest BCUT2D eigenvalue weighted by atomic mass is 35.5. The minimum atomic E-state index is -0.106. The molecule has 0 aliphatic rings. The number of hydrogen-bond donors (Lipinski definition) is 0. The Kier molecular flexibility index (Phi) is 5.85. The second kappa shape index (κ2) is 8.51. The van der Waals surface area contributed by atoms with Crippen LogP contribution in [0.3, 0.4) is 0 Å². The molecule has 3 heterocycles. The highest BCUT2D eigenvalue weighted by molar-refractivity contribution is 7.98. The molecule has 0 fully saturated rings. The van der Waals surface area contributed by atoms with Gasteiger partial charge < -0.3 is 4.42 Å². The molecule has 0 saturated carbocycles. The van der Waals surface area contributed by atoms with E-state index in [1.807, 2.05) is 12.1 Å². The van der Waals surface area contributed by atoms with Crippen LogP contribution < -0.4 is 5.56 Å². The molecule has 1 aromatic carbocycles. The third-order valence-electron chi connectivity index (χ3n) is 4.19. The Labute approximate surface area is 175 Å². The number of hydrogen-bond acceptors (Lipinski definition) is 6. The van der Waals surface area contributed by atoms with Gasteiger partial charge in [0.15, 0.2) is 5.16 Å². The van der Waals surface area contributed by atoms with E-state index in [0.29, 0.717) is 39.1 Å². The van der Waals surface area contributed by atoms with Gasteiger partial charge in [0.2, 0.25) is 0 Å². The Morgan fingerprint density at radius 2 is 2.18 bits per heavy atom. The number of aryl methyl sites for hydroxylation is 1. The number of furan rings is 1. The van der Waals surface area contributed by atoms with Gasteiger partial charge >= 0.3 is 0 Å². The van der Waals surface area contributed by atoms with Crippen molar-refractivity contribution < 1.29 is 4.42 Å². The van der Waals surface area contributed by atoms with Crippen molar-refractivity contribution in [3.63, 3.8) is 0 Å². The summed E-state index contributed by atoms with van der Waals surface area (Å²) in [5.41, 5.74) is 1.49.